The van der Waals surface area contributed by atoms with Crippen LogP contribution in [0.5, 0.6) is 0 Å². The Morgan fingerprint density at radius 2 is 1.67 bits per heavy atom. The fourth-order valence-corrected chi connectivity index (χ4v) is 5.79. The summed E-state index contributed by atoms with van der Waals surface area (Å²) in [5.74, 6) is 0.666. The molecule has 4 rings (SSSR count). The summed E-state index contributed by atoms with van der Waals surface area (Å²) in [5, 5.41) is 0. The van der Waals surface area contributed by atoms with E-state index in [0.29, 0.717) is 5.92 Å². The van der Waals surface area contributed by atoms with Crippen molar-refractivity contribution in [3.8, 4) is 0 Å². The quantitative estimate of drug-likeness (QED) is 0.372. The van der Waals surface area contributed by atoms with Crippen molar-refractivity contribution in [3.05, 3.63) is 75.7 Å². The summed E-state index contributed by atoms with van der Waals surface area (Å²) >= 11 is 1.85. The van der Waals surface area contributed by atoms with Gasteiger partial charge in [0.15, 0.2) is 5.78 Å². The number of benzene rings is 2. The number of hydrogen-bond acceptors (Lipinski definition) is 2. The van der Waals surface area contributed by atoms with E-state index in [-0.39, 0.29) is 5.78 Å². The molecule has 0 saturated carbocycles. The number of hydrogen-bond donors (Lipinski definition) is 0. The third-order valence-electron chi connectivity index (χ3n) is 5.88. The molecule has 0 aromatic heterocycles. The highest BCUT2D eigenvalue weighted by Gasteiger charge is 2.35. The average molecular weight is 377 g/mol. The maximum atomic E-state index is 13.1. The summed E-state index contributed by atoms with van der Waals surface area (Å²) in [6.07, 6.45) is 9.87. The van der Waals surface area contributed by atoms with Crippen LogP contribution in [0.4, 0.5) is 0 Å². The molecule has 1 unspecified atom stereocenters. The van der Waals surface area contributed by atoms with E-state index >= 15 is 0 Å². The molecule has 0 N–H and O–H groups in total. The van der Waals surface area contributed by atoms with Gasteiger partial charge in [-0.2, -0.15) is 0 Å². The van der Waals surface area contributed by atoms with Gasteiger partial charge in [0.05, 0.1) is 0 Å². The summed E-state index contributed by atoms with van der Waals surface area (Å²) in [4.78, 5) is 15.7. The Morgan fingerprint density at radius 1 is 0.926 bits per heavy atom. The first-order valence-electron chi connectivity index (χ1n) is 10.4. The Hall–Kier alpha value is -1.80. The minimum absolute atomic E-state index is 0.258. The number of rotatable bonds is 7. The van der Waals surface area contributed by atoms with Gasteiger partial charge in [0.2, 0.25) is 0 Å². The number of carbonyl (C=O) groups excluding carboxylic acids is 1. The largest absolute Gasteiger partial charge is 0.289 e. The Balaban J connectivity index is 1.56. The standard InChI is InChI=1S/C25H28OS/c1-2-3-4-5-6-7-15-21-20-14-10-11-16-23(20)27-25(21)22-17-18-12-8-9-13-19(18)24(22)26/h8-14,16,21H,2-7,15,17H2,1H3/b25-22-. The second kappa shape index (κ2) is 8.48. The van der Waals surface area contributed by atoms with Gasteiger partial charge in [0, 0.05) is 33.3 Å². The van der Waals surface area contributed by atoms with Gasteiger partial charge in [-0.1, -0.05) is 99.7 Å². The smallest absolute Gasteiger partial charge is 0.190 e. The molecule has 1 heterocycles. The van der Waals surface area contributed by atoms with Crippen LogP contribution in [-0.2, 0) is 6.42 Å². The first kappa shape index (κ1) is 18.6. The normalized spacial score (nSPS) is 20.8. The van der Waals surface area contributed by atoms with Crippen molar-refractivity contribution in [1.82, 2.24) is 0 Å². The van der Waals surface area contributed by atoms with Gasteiger partial charge in [-0.15, -0.1) is 0 Å². The summed E-state index contributed by atoms with van der Waals surface area (Å²) in [7, 11) is 0. The SMILES string of the molecule is CCCCCCCCC1/C(=C2\Cc3ccccc3C2=O)Sc2ccccc21. The first-order chi connectivity index (χ1) is 13.3. The van der Waals surface area contributed by atoms with E-state index in [1.54, 1.807) is 0 Å². The molecule has 0 saturated heterocycles. The molecule has 0 fully saturated rings. The molecule has 140 valence electrons. The molecule has 27 heavy (non-hydrogen) atoms. The highest BCUT2D eigenvalue weighted by Crippen LogP contribution is 2.53. The van der Waals surface area contributed by atoms with Crippen molar-refractivity contribution in [1.29, 1.82) is 0 Å². The lowest BCUT2D eigenvalue weighted by Crippen LogP contribution is -2.04. The molecule has 2 aromatic carbocycles. The summed E-state index contributed by atoms with van der Waals surface area (Å²) in [5.41, 5.74) is 4.59. The topological polar surface area (TPSA) is 17.1 Å². The lowest BCUT2D eigenvalue weighted by Gasteiger charge is -2.15. The highest BCUT2D eigenvalue weighted by atomic mass is 32.2. The Labute approximate surface area is 167 Å². The molecule has 2 aliphatic rings. The van der Waals surface area contributed by atoms with Crippen LogP contribution in [0.3, 0.4) is 0 Å². The number of thioether (sulfide) groups is 1. The minimum atomic E-state index is 0.258. The van der Waals surface area contributed by atoms with Crippen molar-refractivity contribution in [2.75, 3.05) is 0 Å². The van der Waals surface area contributed by atoms with Crippen molar-refractivity contribution in [2.24, 2.45) is 0 Å². The average Bonchev–Trinajstić information content (AvgIpc) is 3.23. The molecule has 0 amide bonds. The Kier molecular flexibility index (Phi) is 5.83. The zero-order chi connectivity index (χ0) is 18.6. The number of Topliss-reactive ketones (excluding diaryl/α,β-unsaturated/α-hetero) is 1. The van der Waals surface area contributed by atoms with Gasteiger partial charge in [-0.05, 0) is 23.6 Å². The zero-order valence-corrected chi connectivity index (χ0v) is 17.0. The number of unbranched alkanes of at least 4 members (excludes halogenated alkanes) is 5. The third kappa shape index (κ3) is 3.78. The summed E-state index contributed by atoms with van der Waals surface area (Å²) in [6.45, 7) is 2.27. The van der Waals surface area contributed by atoms with Crippen LogP contribution in [0.2, 0.25) is 0 Å². The zero-order valence-electron chi connectivity index (χ0n) is 16.2. The Morgan fingerprint density at radius 3 is 2.52 bits per heavy atom. The van der Waals surface area contributed by atoms with Crippen LogP contribution in [0.1, 0.15) is 79.3 Å². The van der Waals surface area contributed by atoms with E-state index in [9.17, 15) is 4.79 Å². The van der Waals surface area contributed by atoms with Crippen molar-refractivity contribution < 1.29 is 4.79 Å². The van der Waals surface area contributed by atoms with Crippen LogP contribution in [-0.4, -0.2) is 5.78 Å². The van der Waals surface area contributed by atoms with Gasteiger partial charge in [-0.25, -0.2) is 0 Å². The van der Waals surface area contributed by atoms with E-state index < -0.39 is 0 Å². The van der Waals surface area contributed by atoms with Gasteiger partial charge in [-0.3, -0.25) is 4.79 Å². The maximum Gasteiger partial charge on any atom is 0.190 e. The van der Waals surface area contributed by atoms with Crippen molar-refractivity contribution in [3.63, 3.8) is 0 Å². The molecule has 2 heteroatoms. The lowest BCUT2D eigenvalue weighted by molar-refractivity contribution is 0.103. The second-order valence-corrected chi connectivity index (χ2v) is 8.84. The molecule has 0 spiro atoms. The Bertz CT molecular complexity index is 864. The van der Waals surface area contributed by atoms with E-state index in [4.69, 9.17) is 0 Å². The van der Waals surface area contributed by atoms with Crippen molar-refractivity contribution >= 4 is 17.5 Å². The van der Waals surface area contributed by atoms with Crippen LogP contribution >= 0.6 is 11.8 Å². The predicted octanol–water partition coefficient (Wildman–Crippen LogP) is 7.32. The van der Waals surface area contributed by atoms with Gasteiger partial charge in [0.1, 0.15) is 0 Å². The minimum Gasteiger partial charge on any atom is -0.289 e. The molecule has 1 atom stereocenters. The van der Waals surface area contributed by atoms with Crippen LogP contribution in [0.25, 0.3) is 0 Å². The van der Waals surface area contributed by atoms with Crippen LogP contribution in [0.15, 0.2) is 63.9 Å². The van der Waals surface area contributed by atoms with Gasteiger partial charge >= 0.3 is 0 Å². The van der Waals surface area contributed by atoms with Crippen LogP contribution < -0.4 is 0 Å². The predicted molar refractivity (Wildman–Crippen MR) is 115 cm³/mol. The number of ketones is 1. The van der Waals surface area contributed by atoms with Crippen molar-refractivity contribution in [2.45, 2.75) is 69.1 Å². The third-order valence-corrected chi connectivity index (χ3v) is 7.22. The van der Waals surface area contributed by atoms with E-state index in [1.807, 2.05) is 30.0 Å². The fourth-order valence-electron chi connectivity index (χ4n) is 4.41. The molecular weight excluding hydrogens is 348 g/mol. The second-order valence-electron chi connectivity index (χ2n) is 7.75. The molecule has 0 radical (unpaired) electrons. The number of allylic oxidation sites excluding steroid dienone is 2. The molecule has 0 bridgehead atoms. The molecular formula is C25H28OS. The maximum absolute atomic E-state index is 13.1. The highest BCUT2D eigenvalue weighted by molar-refractivity contribution is 8.03. The van der Waals surface area contributed by atoms with E-state index in [1.165, 1.54) is 65.9 Å². The van der Waals surface area contributed by atoms with Gasteiger partial charge in [0.25, 0.3) is 0 Å². The summed E-state index contributed by atoms with van der Waals surface area (Å²) < 4.78 is 0. The molecule has 1 aliphatic heterocycles. The van der Waals surface area contributed by atoms with Crippen LogP contribution in [0, 0.1) is 0 Å². The molecule has 2 aromatic rings. The van der Waals surface area contributed by atoms with E-state index in [0.717, 1.165) is 17.6 Å². The fraction of sp³-hybridized carbons (Fsp3) is 0.400. The first-order valence-corrected chi connectivity index (χ1v) is 11.2. The van der Waals surface area contributed by atoms with E-state index in [2.05, 4.69) is 37.3 Å². The lowest BCUT2D eigenvalue weighted by atomic mass is 9.90. The molecule has 1 aliphatic carbocycles. The van der Waals surface area contributed by atoms with Gasteiger partial charge < -0.3 is 0 Å². The molecule has 1 nitrogen and oxygen atoms in total. The number of carbonyl (C=O) groups is 1. The number of fused-ring (bicyclic) bond motifs is 2. The monoisotopic (exact) mass is 376 g/mol. The summed E-state index contributed by atoms with van der Waals surface area (Å²) in [6, 6.07) is 16.9.